The summed E-state index contributed by atoms with van der Waals surface area (Å²) in [5.74, 6) is -0.212. The fraction of sp³-hybridized carbons (Fsp3) is 0.615. The summed E-state index contributed by atoms with van der Waals surface area (Å²) in [6, 6.07) is 6.16. The minimum absolute atomic E-state index is 0.00874. The van der Waals surface area contributed by atoms with E-state index in [9.17, 15) is 9.59 Å². The Morgan fingerprint density at radius 3 is 2.10 bits per heavy atom. The summed E-state index contributed by atoms with van der Waals surface area (Å²) in [4.78, 5) is 31.4. The first-order valence-electron chi connectivity index (χ1n) is 12.0. The molecule has 168 valence electrons. The van der Waals surface area contributed by atoms with Crippen LogP contribution in [0.5, 0.6) is 0 Å². The van der Waals surface area contributed by atoms with Crippen molar-refractivity contribution >= 4 is 17.4 Å². The first-order valence-corrected chi connectivity index (χ1v) is 12.0. The van der Waals surface area contributed by atoms with Crippen LogP contribution in [0.4, 0.5) is 0 Å². The highest BCUT2D eigenvalue weighted by atomic mass is 16.5. The highest BCUT2D eigenvalue weighted by Crippen LogP contribution is 2.37. The number of ether oxygens (including phenoxy) is 1. The van der Waals surface area contributed by atoms with E-state index in [0.29, 0.717) is 24.4 Å². The lowest BCUT2D eigenvalue weighted by Crippen LogP contribution is -2.48. The number of aryl methyl sites for hydroxylation is 2. The van der Waals surface area contributed by atoms with Crippen molar-refractivity contribution in [3.05, 3.63) is 40.6 Å². The van der Waals surface area contributed by atoms with Crippen molar-refractivity contribution in [1.29, 1.82) is 0 Å². The zero-order valence-electron chi connectivity index (χ0n) is 19.4. The normalized spacial score (nSPS) is 26.5. The SMILES string of the molecule is Cc1ccc(C2=C(N3CC(C)OC(C)C3)C(=O)N(C3CCCCCCC3)C2=O)c(C)c1. The monoisotopic (exact) mass is 424 g/mol. The second-order valence-corrected chi connectivity index (χ2v) is 9.68. The molecule has 2 amide bonds. The lowest BCUT2D eigenvalue weighted by atomic mass is 9.95. The lowest BCUT2D eigenvalue weighted by molar-refractivity contribution is -0.141. The van der Waals surface area contributed by atoms with Crippen molar-refractivity contribution in [3.63, 3.8) is 0 Å². The molecular formula is C26H36N2O3. The van der Waals surface area contributed by atoms with E-state index in [-0.39, 0.29) is 30.1 Å². The number of imide groups is 1. The fourth-order valence-electron chi connectivity index (χ4n) is 5.55. The van der Waals surface area contributed by atoms with Crippen molar-refractivity contribution in [2.45, 2.75) is 90.9 Å². The zero-order valence-corrected chi connectivity index (χ0v) is 19.4. The first-order chi connectivity index (χ1) is 14.9. The molecule has 1 aliphatic carbocycles. The highest BCUT2D eigenvalue weighted by molar-refractivity contribution is 6.36. The lowest BCUT2D eigenvalue weighted by Gasteiger charge is -2.37. The maximum atomic E-state index is 13.9. The maximum Gasteiger partial charge on any atom is 0.278 e. The van der Waals surface area contributed by atoms with Gasteiger partial charge in [-0.05, 0) is 51.7 Å². The number of nitrogens with zero attached hydrogens (tertiary/aromatic N) is 2. The third-order valence-electron chi connectivity index (χ3n) is 6.92. The van der Waals surface area contributed by atoms with Gasteiger partial charge in [0.2, 0.25) is 0 Å². The number of amides is 2. The van der Waals surface area contributed by atoms with Gasteiger partial charge in [0, 0.05) is 19.1 Å². The minimum atomic E-state index is -0.107. The summed E-state index contributed by atoms with van der Waals surface area (Å²) in [7, 11) is 0. The number of hydrogen-bond donors (Lipinski definition) is 0. The van der Waals surface area contributed by atoms with Gasteiger partial charge in [-0.15, -0.1) is 0 Å². The van der Waals surface area contributed by atoms with Crippen LogP contribution in [-0.4, -0.2) is 53.0 Å². The van der Waals surface area contributed by atoms with Gasteiger partial charge in [-0.25, -0.2) is 0 Å². The van der Waals surface area contributed by atoms with Gasteiger partial charge >= 0.3 is 0 Å². The third kappa shape index (κ3) is 4.43. The molecule has 0 radical (unpaired) electrons. The van der Waals surface area contributed by atoms with Crippen LogP contribution in [0.3, 0.4) is 0 Å². The molecule has 1 saturated carbocycles. The number of carbonyl (C=O) groups is 2. The maximum absolute atomic E-state index is 13.9. The van der Waals surface area contributed by atoms with E-state index in [0.717, 1.165) is 42.4 Å². The van der Waals surface area contributed by atoms with Crippen LogP contribution in [0, 0.1) is 13.8 Å². The van der Waals surface area contributed by atoms with Gasteiger partial charge in [-0.2, -0.15) is 0 Å². The number of hydrogen-bond acceptors (Lipinski definition) is 4. The average molecular weight is 425 g/mol. The van der Waals surface area contributed by atoms with Gasteiger partial charge in [0.25, 0.3) is 11.8 Å². The van der Waals surface area contributed by atoms with E-state index in [2.05, 4.69) is 17.9 Å². The quantitative estimate of drug-likeness (QED) is 0.665. The smallest absolute Gasteiger partial charge is 0.278 e. The van der Waals surface area contributed by atoms with E-state index >= 15 is 0 Å². The zero-order chi connectivity index (χ0) is 22.1. The molecule has 0 spiro atoms. The van der Waals surface area contributed by atoms with Crippen LogP contribution in [0.25, 0.3) is 5.57 Å². The molecule has 31 heavy (non-hydrogen) atoms. The molecule has 1 saturated heterocycles. The Bertz CT molecular complexity index is 873. The number of carbonyl (C=O) groups excluding carboxylic acids is 2. The van der Waals surface area contributed by atoms with Gasteiger partial charge < -0.3 is 9.64 Å². The molecule has 5 nitrogen and oxygen atoms in total. The van der Waals surface area contributed by atoms with Crippen LogP contribution < -0.4 is 0 Å². The van der Waals surface area contributed by atoms with Crippen molar-refractivity contribution in [3.8, 4) is 0 Å². The summed E-state index contributed by atoms with van der Waals surface area (Å²) < 4.78 is 5.92. The van der Waals surface area contributed by atoms with Crippen LogP contribution in [0.1, 0.15) is 75.5 Å². The summed E-state index contributed by atoms with van der Waals surface area (Å²) in [6.07, 6.45) is 7.69. The Morgan fingerprint density at radius 1 is 0.871 bits per heavy atom. The summed E-state index contributed by atoms with van der Waals surface area (Å²) in [5.41, 5.74) is 4.26. The molecule has 2 heterocycles. The van der Waals surface area contributed by atoms with Crippen LogP contribution in [0.2, 0.25) is 0 Å². The Hall–Kier alpha value is -2.14. The van der Waals surface area contributed by atoms with E-state index in [4.69, 9.17) is 4.74 Å². The second-order valence-electron chi connectivity index (χ2n) is 9.68. The Morgan fingerprint density at radius 2 is 1.48 bits per heavy atom. The van der Waals surface area contributed by atoms with E-state index in [1.807, 2.05) is 32.9 Å². The van der Waals surface area contributed by atoms with Crippen LogP contribution >= 0.6 is 0 Å². The molecule has 0 N–H and O–H groups in total. The van der Waals surface area contributed by atoms with Gasteiger partial charge in [0.15, 0.2) is 0 Å². The summed E-state index contributed by atoms with van der Waals surface area (Å²) >= 11 is 0. The topological polar surface area (TPSA) is 49.9 Å². The average Bonchev–Trinajstić information content (AvgIpc) is 2.92. The Kier molecular flexibility index (Phi) is 6.52. The summed E-state index contributed by atoms with van der Waals surface area (Å²) in [5, 5.41) is 0. The van der Waals surface area contributed by atoms with Gasteiger partial charge in [0.1, 0.15) is 5.70 Å². The number of benzene rings is 1. The molecule has 0 aromatic heterocycles. The third-order valence-corrected chi connectivity index (χ3v) is 6.92. The van der Waals surface area contributed by atoms with Gasteiger partial charge in [0.05, 0.1) is 17.8 Å². The van der Waals surface area contributed by atoms with E-state index in [1.165, 1.54) is 19.3 Å². The largest absolute Gasteiger partial charge is 0.372 e. The second kappa shape index (κ2) is 9.15. The van der Waals surface area contributed by atoms with Crippen molar-refractivity contribution in [2.24, 2.45) is 0 Å². The molecule has 2 aliphatic heterocycles. The standard InChI is InChI=1S/C26H36N2O3/c1-17-12-13-22(18(2)14-17)23-24(27-15-19(3)31-20(4)16-27)26(30)28(25(23)29)21-10-8-6-5-7-9-11-21/h12-14,19-21H,5-11,15-16H2,1-4H3. The van der Waals surface area contributed by atoms with Gasteiger partial charge in [-0.1, -0.05) is 55.9 Å². The molecule has 1 aromatic carbocycles. The van der Waals surface area contributed by atoms with E-state index in [1.54, 1.807) is 4.90 Å². The molecule has 0 bridgehead atoms. The number of morpholine rings is 1. The predicted octanol–water partition coefficient (Wildman–Crippen LogP) is 4.61. The van der Waals surface area contributed by atoms with Crippen molar-refractivity contribution in [1.82, 2.24) is 9.80 Å². The van der Waals surface area contributed by atoms with Crippen molar-refractivity contribution in [2.75, 3.05) is 13.1 Å². The molecule has 2 unspecified atom stereocenters. The molecule has 5 heteroatoms. The fourth-order valence-corrected chi connectivity index (χ4v) is 5.55. The number of rotatable bonds is 3. The van der Waals surface area contributed by atoms with E-state index < -0.39 is 0 Å². The Balaban J connectivity index is 1.77. The molecule has 2 fully saturated rings. The first kappa shape index (κ1) is 22.1. The van der Waals surface area contributed by atoms with Crippen LogP contribution in [-0.2, 0) is 14.3 Å². The highest BCUT2D eigenvalue weighted by Gasteiger charge is 2.46. The van der Waals surface area contributed by atoms with Crippen molar-refractivity contribution < 1.29 is 14.3 Å². The Labute approximate surface area is 186 Å². The van der Waals surface area contributed by atoms with Gasteiger partial charge in [-0.3, -0.25) is 14.5 Å². The summed E-state index contributed by atoms with van der Waals surface area (Å²) in [6.45, 7) is 9.42. The van der Waals surface area contributed by atoms with Crippen LogP contribution in [0.15, 0.2) is 23.9 Å². The molecule has 2 atom stereocenters. The molecule has 1 aromatic rings. The molecule has 3 aliphatic rings. The minimum Gasteiger partial charge on any atom is -0.372 e. The molecular weight excluding hydrogens is 388 g/mol. The predicted molar refractivity (Wildman–Crippen MR) is 122 cm³/mol. The molecule has 4 rings (SSSR count).